The fourth-order valence-corrected chi connectivity index (χ4v) is 1.11. The van der Waals surface area contributed by atoms with E-state index < -0.39 is 0 Å². The first-order valence-corrected chi connectivity index (χ1v) is 4.07. The second-order valence-electron chi connectivity index (χ2n) is 4.13. The van der Waals surface area contributed by atoms with Crippen LogP contribution in [0.15, 0.2) is 12.3 Å². The van der Waals surface area contributed by atoms with Gasteiger partial charge < -0.3 is 5.11 Å². The molecule has 1 aromatic rings. The maximum absolute atomic E-state index is 9.46. The summed E-state index contributed by atoms with van der Waals surface area (Å²) >= 11 is 0. The van der Waals surface area contributed by atoms with E-state index in [0.29, 0.717) is 0 Å². The topological polar surface area (TPSA) is 33.1 Å². The largest absolute Gasteiger partial charge is 0.493 e. The molecular weight excluding hydrogens is 150 g/mol. The summed E-state index contributed by atoms with van der Waals surface area (Å²) in [7, 11) is 0. The van der Waals surface area contributed by atoms with Crippen LogP contribution in [0.4, 0.5) is 0 Å². The highest BCUT2D eigenvalue weighted by atomic mass is 16.3. The number of aryl methyl sites for hydroxylation is 1. The Kier molecular flexibility index (Phi) is 2.09. The van der Waals surface area contributed by atoms with Crippen LogP contribution in [0.25, 0.3) is 0 Å². The van der Waals surface area contributed by atoms with Crippen molar-refractivity contribution in [2.75, 3.05) is 0 Å². The Balaban J connectivity index is 3.23. The average molecular weight is 165 g/mol. The Labute approximate surface area is 73.3 Å². The van der Waals surface area contributed by atoms with Crippen molar-refractivity contribution in [1.29, 1.82) is 0 Å². The Morgan fingerprint density at radius 3 is 2.33 bits per heavy atom. The molecule has 0 spiro atoms. The molecule has 1 aromatic heterocycles. The second kappa shape index (κ2) is 2.77. The van der Waals surface area contributed by atoms with Crippen LogP contribution in [0, 0.1) is 6.92 Å². The summed E-state index contributed by atoms with van der Waals surface area (Å²) in [6.45, 7) is 8.15. The maximum Gasteiger partial charge on any atom is 0.214 e. The Hall–Kier alpha value is -1.05. The first-order valence-electron chi connectivity index (χ1n) is 4.07. The summed E-state index contributed by atoms with van der Waals surface area (Å²) in [6.07, 6.45) is 1.67. The molecule has 2 nitrogen and oxygen atoms in total. The lowest BCUT2D eigenvalue weighted by Gasteiger charge is -2.19. The molecule has 0 bridgehead atoms. The van der Waals surface area contributed by atoms with Gasteiger partial charge in [0, 0.05) is 11.8 Å². The van der Waals surface area contributed by atoms with Crippen LogP contribution in [-0.4, -0.2) is 10.1 Å². The number of nitrogens with zero attached hydrogens (tertiary/aromatic N) is 1. The van der Waals surface area contributed by atoms with Crippen molar-refractivity contribution >= 4 is 0 Å². The van der Waals surface area contributed by atoms with E-state index in [4.69, 9.17) is 0 Å². The van der Waals surface area contributed by atoms with Crippen molar-refractivity contribution in [3.8, 4) is 5.88 Å². The SMILES string of the molecule is Cc1cnc(O)c(C(C)(C)C)c1. The molecule has 0 saturated heterocycles. The predicted octanol–water partition coefficient (Wildman–Crippen LogP) is 2.39. The smallest absolute Gasteiger partial charge is 0.214 e. The molecule has 1 rings (SSSR count). The van der Waals surface area contributed by atoms with E-state index in [1.54, 1.807) is 6.20 Å². The van der Waals surface area contributed by atoms with Crippen LogP contribution in [0.2, 0.25) is 0 Å². The van der Waals surface area contributed by atoms with Crippen molar-refractivity contribution < 1.29 is 5.11 Å². The van der Waals surface area contributed by atoms with Gasteiger partial charge in [0.2, 0.25) is 5.88 Å². The Morgan fingerprint density at radius 2 is 1.92 bits per heavy atom. The lowest BCUT2D eigenvalue weighted by Crippen LogP contribution is -2.12. The summed E-state index contributed by atoms with van der Waals surface area (Å²) < 4.78 is 0. The highest BCUT2D eigenvalue weighted by molar-refractivity contribution is 5.33. The van der Waals surface area contributed by atoms with E-state index in [0.717, 1.165) is 11.1 Å². The lowest BCUT2D eigenvalue weighted by atomic mass is 9.87. The zero-order chi connectivity index (χ0) is 9.35. The molecule has 0 saturated carbocycles. The van der Waals surface area contributed by atoms with Gasteiger partial charge in [0.15, 0.2) is 0 Å². The minimum absolute atomic E-state index is 0.0386. The standard InChI is InChI=1S/C10H15NO/c1-7-5-8(10(2,3)4)9(12)11-6-7/h5-6H,1-4H3,(H,11,12). The van der Waals surface area contributed by atoms with Crippen LogP contribution in [0.1, 0.15) is 31.9 Å². The first kappa shape index (κ1) is 9.04. The first-order chi connectivity index (χ1) is 5.41. The second-order valence-corrected chi connectivity index (χ2v) is 4.13. The van der Waals surface area contributed by atoms with Crippen LogP contribution in [0.5, 0.6) is 5.88 Å². The van der Waals surface area contributed by atoms with Crippen molar-refractivity contribution in [3.05, 3.63) is 23.4 Å². The van der Waals surface area contributed by atoms with Gasteiger partial charge in [-0.05, 0) is 24.0 Å². The van der Waals surface area contributed by atoms with Gasteiger partial charge in [-0.25, -0.2) is 4.98 Å². The predicted molar refractivity (Wildman–Crippen MR) is 49.3 cm³/mol. The molecule has 0 aliphatic rings. The third-order valence-electron chi connectivity index (χ3n) is 1.81. The summed E-state index contributed by atoms with van der Waals surface area (Å²) in [5.41, 5.74) is 1.95. The molecule has 1 heterocycles. The molecule has 0 aliphatic carbocycles. The van der Waals surface area contributed by atoms with Gasteiger partial charge in [-0.1, -0.05) is 20.8 Å². The third kappa shape index (κ3) is 1.76. The van der Waals surface area contributed by atoms with Crippen molar-refractivity contribution in [2.45, 2.75) is 33.1 Å². The number of hydrogen-bond donors (Lipinski definition) is 1. The molecule has 1 N–H and O–H groups in total. The number of pyridine rings is 1. The summed E-state index contributed by atoms with van der Waals surface area (Å²) in [5.74, 6) is 0.146. The molecule has 0 amide bonds. The highest BCUT2D eigenvalue weighted by Gasteiger charge is 2.18. The molecule has 0 aliphatic heterocycles. The molecule has 12 heavy (non-hydrogen) atoms. The van der Waals surface area contributed by atoms with Crippen LogP contribution < -0.4 is 0 Å². The van der Waals surface area contributed by atoms with Gasteiger partial charge in [0.05, 0.1) is 0 Å². The zero-order valence-electron chi connectivity index (χ0n) is 8.05. The Bertz CT molecular complexity index is 286. The van der Waals surface area contributed by atoms with Crippen molar-refractivity contribution in [3.63, 3.8) is 0 Å². The van der Waals surface area contributed by atoms with Gasteiger partial charge in [-0.3, -0.25) is 0 Å². The normalized spacial score (nSPS) is 11.7. The van der Waals surface area contributed by atoms with E-state index in [1.807, 2.05) is 13.0 Å². The minimum Gasteiger partial charge on any atom is -0.493 e. The Morgan fingerprint density at radius 1 is 1.33 bits per heavy atom. The number of aromatic nitrogens is 1. The van der Waals surface area contributed by atoms with E-state index in [2.05, 4.69) is 25.8 Å². The van der Waals surface area contributed by atoms with Gasteiger partial charge in [0.1, 0.15) is 0 Å². The quantitative estimate of drug-likeness (QED) is 0.640. The number of hydrogen-bond acceptors (Lipinski definition) is 2. The van der Waals surface area contributed by atoms with Gasteiger partial charge >= 0.3 is 0 Å². The fraction of sp³-hybridized carbons (Fsp3) is 0.500. The third-order valence-corrected chi connectivity index (χ3v) is 1.81. The summed E-state index contributed by atoms with van der Waals surface area (Å²) in [4.78, 5) is 3.90. The maximum atomic E-state index is 9.46. The molecule has 0 aromatic carbocycles. The molecule has 0 radical (unpaired) electrons. The summed E-state index contributed by atoms with van der Waals surface area (Å²) in [5, 5.41) is 9.46. The van der Waals surface area contributed by atoms with Crippen LogP contribution in [0.3, 0.4) is 0 Å². The average Bonchev–Trinajstić information content (AvgIpc) is 1.92. The van der Waals surface area contributed by atoms with Crippen LogP contribution in [-0.2, 0) is 5.41 Å². The van der Waals surface area contributed by atoms with Gasteiger partial charge in [-0.2, -0.15) is 0 Å². The van der Waals surface area contributed by atoms with E-state index in [-0.39, 0.29) is 11.3 Å². The van der Waals surface area contributed by atoms with Crippen LogP contribution >= 0.6 is 0 Å². The van der Waals surface area contributed by atoms with Crippen molar-refractivity contribution in [2.24, 2.45) is 0 Å². The molecule has 66 valence electrons. The highest BCUT2D eigenvalue weighted by Crippen LogP contribution is 2.28. The molecular formula is C10H15NO. The van der Waals surface area contributed by atoms with E-state index >= 15 is 0 Å². The number of rotatable bonds is 0. The minimum atomic E-state index is -0.0386. The lowest BCUT2D eigenvalue weighted by molar-refractivity contribution is 0.426. The van der Waals surface area contributed by atoms with E-state index in [9.17, 15) is 5.11 Å². The monoisotopic (exact) mass is 165 g/mol. The summed E-state index contributed by atoms with van der Waals surface area (Å²) in [6, 6.07) is 1.97. The number of aromatic hydroxyl groups is 1. The van der Waals surface area contributed by atoms with Gasteiger partial charge in [-0.15, -0.1) is 0 Å². The molecule has 0 unspecified atom stereocenters. The van der Waals surface area contributed by atoms with E-state index in [1.165, 1.54) is 0 Å². The zero-order valence-corrected chi connectivity index (χ0v) is 8.05. The fourth-order valence-electron chi connectivity index (χ4n) is 1.11. The molecule has 0 atom stereocenters. The molecule has 2 heteroatoms. The van der Waals surface area contributed by atoms with Gasteiger partial charge in [0.25, 0.3) is 0 Å². The molecule has 0 fully saturated rings. The van der Waals surface area contributed by atoms with Crippen molar-refractivity contribution in [1.82, 2.24) is 4.98 Å².